The van der Waals surface area contributed by atoms with Crippen molar-refractivity contribution >= 4 is 15.8 Å². The average Bonchev–Trinajstić information content (AvgIpc) is 3.01. The maximum atomic E-state index is 11.6. The molecule has 2 aliphatic rings. The monoisotopic (exact) mass is 377 g/mol. The third-order valence-corrected chi connectivity index (χ3v) is 7.71. The zero-order valence-electron chi connectivity index (χ0n) is 15.9. The summed E-state index contributed by atoms with van der Waals surface area (Å²) in [5.74, 6) is 2.98. The van der Waals surface area contributed by atoms with Gasteiger partial charge in [-0.15, -0.1) is 0 Å². The highest BCUT2D eigenvalue weighted by molar-refractivity contribution is 7.91. The van der Waals surface area contributed by atoms with Crippen molar-refractivity contribution in [1.29, 1.82) is 0 Å². The molecular weight excluding hydrogens is 346 g/mol. The highest BCUT2D eigenvalue weighted by Crippen LogP contribution is 2.34. The molecule has 0 amide bonds. The van der Waals surface area contributed by atoms with Crippen molar-refractivity contribution in [3.05, 3.63) is 35.9 Å². The van der Waals surface area contributed by atoms with Gasteiger partial charge >= 0.3 is 0 Å². The van der Waals surface area contributed by atoms with Crippen LogP contribution in [0, 0.1) is 11.8 Å². The van der Waals surface area contributed by atoms with Gasteiger partial charge in [0, 0.05) is 26.7 Å². The molecule has 3 rings (SSSR count). The number of nitrogens with one attached hydrogen (secondary N) is 1. The lowest BCUT2D eigenvalue weighted by Gasteiger charge is -2.40. The minimum absolute atomic E-state index is 0.209. The minimum Gasteiger partial charge on any atom is -0.356 e. The molecule has 0 saturated carbocycles. The number of likely N-dealkylation sites (tertiary alicyclic amines) is 1. The molecule has 0 radical (unpaired) electrons. The lowest BCUT2D eigenvalue weighted by molar-refractivity contribution is 0.215. The number of sulfone groups is 1. The lowest BCUT2D eigenvalue weighted by Crippen LogP contribution is -2.49. The fourth-order valence-corrected chi connectivity index (χ4v) is 6.24. The second kappa shape index (κ2) is 8.42. The summed E-state index contributed by atoms with van der Waals surface area (Å²) in [7, 11) is -1.00. The van der Waals surface area contributed by atoms with Crippen molar-refractivity contribution in [3.63, 3.8) is 0 Å². The van der Waals surface area contributed by atoms with Crippen LogP contribution in [0.5, 0.6) is 0 Å². The number of guanidine groups is 1. The molecule has 0 aromatic heterocycles. The van der Waals surface area contributed by atoms with Crippen LogP contribution in [0.3, 0.4) is 0 Å². The molecule has 2 aliphatic heterocycles. The Balaban J connectivity index is 1.59. The second-order valence-corrected chi connectivity index (χ2v) is 9.85. The predicted molar refractivity (Wildman–Crippen MR) is 107 cm³/mol. The third-order valence-electron chi connectivity index (χ3n) is 5.87. The van der Waals surface area contributed by atoms with Crippen LogP contribution in [-0.4, -0.2) is 57.5 Å². The summed E-state index contributed by atoms with van der Waals surface area (Å²) in [5.41, 5.74) is 1.44. The van der Waals surface area contributed by atoms with Crippen molar-refractivity contribution < 1.29 is 8.42 Å². The van der Waals surface area contributed by atoms with E-state index in [1.807, 2.05) is 7.05 Å². The maximum Gasteiger partial charge on any atom is 0.193 e. The SMILES string of the molecule is CCC1CN(C(=NC)NCC2CCS(=O)(=O)C2)CCC1c1ccccc1. The molecule has 0 aliphatic carbocycles. The molecule has 144 valence electrons. The number of hydrogen-bond donors (Lipinski definition) is 1. The van der Waals surface area contributed by atoms with Gasteiger partial charge in [-0.05, 0) is 36.2 Å². The normalized spacial score (nSPS) is 28.9. The molecule has 5 nitrogen and oxygen atoms in total. The Labute approximate surface area is 157 Å². The molecule has 3 unspecified atom stereocenters. The van der Waals surface area contributed by atoms with Crippen LogP contribution in [0.25, 0.3) is 0 Å². The molecule has 6 heteroatoms. The van der Waals surface area contributed by atoms with E-state index in [1.165, 1.54) is 5.56 Å². The molecule has 1 N–H and O–H groups in total. The maximum absolute atomic E-state index is 11.6. The molecule has 3 atom stereocenters. The van der Waals surface area contributed by atoms with Gasteiger partial charge in [-0.25, -0.2) is 8.42 Å². The number of rotatable bonds is 4. The van der Waals surface area contributed by atoms with E-state index in [9.17, 15) is 8.42 Å². The fraction of sp³-hybridized carbons (Fsp3) is 0.650. The Morgan fingerprint density at radius 2 is 2.04 bits per heavy atom. The van der Waals surface area contributed by atoms with Crippen molar-refractivity contribution in [3.8, 4) is 0 Å². The quantitative estimate of drug-likeness (QED) is 0.647. The molecule has 2 heterocycles. The summed E-state index contributed by atoms with van der Waals surface area (Å²) in [4.78, 5) is 6.80. The van der Waals surface area contributed by atoms with Crippen molar-refractivity contribution in [2.45, 2.75) is 32.1 Å². The van der Waals surface area contributed by atoms with Crippen LogP contribution in [0.15, 0.2) is 35.3 Å². The van der Waals surface area contributed by atoms with E-state index in [-0.39, 0.29) is 5.92 Å². The number of hydrogen-bond acceptors (Lipinski definition) is 3. The Kier molecular flexibility index (Phi) is 6.22. The average molecular weight is 378 g/mol. The van der Waals surface area contributed by atoms with Crippen LogP contribution in [0.4, 0.5) is 0 Å². The Bertz CT molecular complexity index is 718. The van der Waals surface area contributed by atoms with E-state index in [4.69, 9.17) is 0 Å². The molecule has 1 aromatic rings. The zero-order valence-corrected chi connectivity index (χ0v) is 16.7. The van der Waals surface area contributed by atoms with Crippen molar-refractivity contribution in [2.75, 3.05) is 38.2 Å². The predicted octanol–water partition coefficient (Wildman–Crippen LogP) is 2.51. The molecule has 2 saturated heterocycles. The van der Waals surface area contributed by atoms with E-state index in [2.05, 4.69) is 52.5 Å². The van der Waals surface area contributed by atoms with Crippen LogP contribution in [0.2, 0.25) is 0 Å². The van der Waals surface area contributed by atoms with E-state index in [1.54, 1.807) is 0 Å². The van der Waals surface area contributed by atoms with Gasteiger partial charge in [-0.2, -0.15) is 0 Å². The molecule has 2 fully saturated rings. The molecule has 0 bridgehead atoms. The van der Waals surface area contributed by atoms with Crippen molar-refractivity contribution in [1.82, 2.24) is 10.2 Å². The highest BCUT2D eigenvalue weighted by Gasteiger charge is 2.32. The first-order valence-electron chi connectivity index (χ1n) is 9.73. The van der Waals surface area contributed by atoms with Crippen LogP contribution < -0.4 is 5.32 Å². The minimum atomic E-state index is -2.82. The number of aliphatic imine (C=N–C) groups is 1. The Hall–Kier alpha value is -1.56. The summed E-state index contributed by atoms with van der Waals surface area (Å²) >= 11 is 0. The van der Waals surface area contributed by atoms with Gasteiger partial charge in [0.25, 0.3) is 0 Å². The number of benzene rings is 1. The van der Waals surface area contributed by atoms with Crippen LogP contribution in [0.1, 0.15) is 37.7 Å². The van der Waals surface area contributed by atoms with Crippen molar-refractivity contribution in [2.24, 2.45) is 16.8 Å². The number of piperidine rings is 1. The number of nitrogens with zero attached hydrogens (tertiary/aromatic N) is 2. The van der Waals surface area contributed by atoms with Gasteiger partial charge in [0.15, 0.2) is 15.8 Å². The summed E-state index contributed by atoms with van der Waals surface area (Å²) in [6.45, 7) is 4.95. The molecular formula is C20H31N3O2S. The summed E-state index contributed by atoms with van der Waals surface area (Å²) in [6, 6.07) is 10.8. The third kappa shape index (κ3) is 4.58. The van der Waals surface area contributed by atoms with Crippen LogP contribution in [-0.2, 0) is 9.84 Å². The first-order chi connectivity index (χ1) is 12.5. The lowest BCUT2D eigenvalue weighted by atomic mass is 9.79. The topological polar surface area (TPSA) is 61.8 Å². The highest BCUT2D eigenvalue weighted by atomic mass is 32.2. The van der Waals surface area contributed by atoms with Gasteiger partial charge in [0.05, 0.1) is 11.5 Å². The van der Waals surface area contributed by atoms with Gasteiger partial charge in [0.2, 0.25) is 0 Å². The van der Waals surface area contributed by atoms with E-state index < -0.39 is 9.84 Å². The van der Waals surface area contributed by atoms with Crippen LogP contribution >= 0.6 is 0 Å². The smallest absolute Gasteiger partial charge is 0.193 e. The zero-order chi connectivity index (χ0) is 18.6. The van der Waals surface area contributed by atoms with E-state index >= 15 is 0 Å². The summed E-state index contributed by atoms with van der Waals surface area (Å²) in [5, 5.41) is 3.43. The Morgan fingerprint density at radius 1 is 1.27 bits per heavy atom. The molecule has 26 heavy (non-hydrogen) atoms. The summed E-state index contributed by atoms with van der Waals surface area (Å²) in [6.07, 6.45) is 3.04. The first kappa shape index (κ1) is 19.2. The van der Waals surface area contributed by atoms with E-state index in [0.29, 0.717) is 29.9 Å². The van der Waals surface area contributed by atoms with Gasteiger partial charge < -0.3 is 10.2 Å². The van der Waals surface area contributed by atoms with Gasteiger partial charge in [-0.1, -0.05) is 43.7 Å². The van der Waals surface area contributed by atoms with E-state index in [0.717, 1.165) is 38.3 Å². The Morgan fingerprint density at radius 3 is 2.65 bits per heavy atom. The van der Waals surface area contributed by atoms with Gasteiger partial charge in [0.1, 0.15) is 0 Å². The largest absolute Gasteiger partial charge is 0.356 e. The molecule has 1 aromatic carbocycles. The second-order valence-electron chi connectivity index (χ2n) is 7.62. The summed E-state index contributed by atoms with van der Waals surface area (Å²) < 4.78 is 23.3. The standard InChI is InChI=1S/C20H31N3O2S/c1-3-17-14-23(11-9-19(17)18-7-5-4-6-8-18)20(21-2)22-13-16-10-12-26(24,25)15-16/h4-8,16-17,19H,3,9-15H2,1-2H3,(H,21,22). The van der Waals surface area contributed by atoms with Gasteiger partial charge in [-0.3, -0.25) is 4.99 Å². The molecule has 0 spiro atoms. The fourth-order valence-electron chi connectivity index (χ4n) is 4.38. The first-order valence-corrected chi connectivity index (χ1v) is 11.6.